The van der Waals surface area contributed by atoms with Crippen molar-refractivity contribution in [3.05, 3.63) is 60.4 Å². The molecule has 0 spiro atoms. The summed E-state index contributed by atoms with van der Waals surface area (Å²) in [5.41, 5.74) is 9.03. The van der Waals surface area contributed by atoms with Gasteiger partial charge >= 0.3 is 0 Å². The smallest absolute Gasteiger partial charge is 0.261 e. The summed E-state index contributed by atoms with van der Waals surface area (Å²) in [7, 11) is 1.67. The monoisotopic (exact) mass is 431 g/mol. The molecule has 1 saturated carbocycles. The van der Waals surface area contributed by atoms with Crippen LogP contribution in [0.2, 0.25) is 0 Å². The maximum Gasteiger partial charge on any atom is 0.261 e. The Bertz CT molecular complexity index is 1200. The average Bonchev–Trinajstić information content (AvgIpc) is 3.37. The van der Waals surface area contributed by atoms with Crippen molar-refractivity contribution < 1.29 is 9.26 Å². The van der Waals surface area contributed by atoms with Gasteiger partial charge in [-0.2, -0.15) is 10.1 Å². The Morgan fingerprint density at radius 1 is 1.12 bits per heavy atom. The Morgan fingerprint density at radius 2 is 1.94 bits per heavy atom. The van der Waals surface area contributed by atoms with Gasteiger partial charge in [0.05, 0.1) is 48.4 Å². The van der Waals surface area contributed by atoms with E-state index in [0.717, 1.165) is 35.2 Å². The quantitative estimate of drug-likeness (QED) is 0.451. The molecule has 0 saturated heterocycles. The summed E-state index contributed by atoms with van der Waals surface area (Å²) in [6.07, 6.45) is 9.16. The van der Waals surface area contributed by atoms with Gasteiger partial charge in [-0.3, -0.25) is 9.67 Å². The molecule has 1 aliphatic carbocycles. The second kappa shape index (κ2) is 8.16. The van der Waals surface area contributed by atoms with Crippen molar-refractivity contribution in [3.63, 3.8) is 0 Å². The van der Waals surface area contributed by atoms with E-state index in [1.807, 2.05) is 10.9 Å². The fourth-order valence-corrected chi connectivity index (χ4v) is 4.02. The number of rotatable bonds is 8. The molecule has 9 heteroatoms. The van der Waals surface area contributed by atoms with E-state index >= 15 is 0 Å². The number of hydrogen-bond donors (Lipinski definition) is 1. The largest absolute Gasteiger partial charge is 0.383 e. The Kier molecular flexibility index (Phi) is 5.18. The van der Waals surface area contributed by atoms with Gasteiger partial charge < -0.3 is 15.0 Å². The molecule has 0 aliphatic heterocycles. The van der Waals surface area contributed by atoms with Crippen molar-refractivity contribution in [2.45, 2.75) is 31.7 Å². The summed E-state index contributed by atoms with van der Waals surface area (Å²) in [4.78, 5) is 13.3. The topological polar surface area (TPSA) is 118 Å². The van der Waals surface area contributed by atoms with E-state index in [2.05, 4.69) is 51.4 Å². The highest BCUT2D eigenvalue weighted by Crippen LogP contribution is 2.50. The van der Waals surface area contributed by atoms with Gasteiger partial charge in [-0.25, -0.2) is 4.98 Å². The van der Waals surface area contributed by atoms with E-state index in [-0.39, 0.29) is 5.41 Å². The lowest BCUT2D eigenvalue weighted by atomic mass is 9.77. The van der Waals surface area contributed by atoms with E-state index in [1.54, 1.807) is 25.7 Å². The van der Waals surface area contributed by atoms with E-state index in [4.69, 9.17) is 20.0 Å². The number of hydrogen-bond acceptors (Lipinski definition) is 8. The van der Waals surface area contributed by atoms with Crippen molar-refractivity contribution in [1.29, 1.82) is 0 Å². The van der Waals surface area contributed by atoms with Crippen LogP contribution in [-0.4, -0.2) is 43.6 Å². The van der Waals surface area contributed by atoms with Crippen LogP contribution in [0.4, 0.5) is 5.82 Å². The number of aromatic nitrogens is 6. The molecule has 3 heterocycles. The van der Waals surface area contributed by atoms with Crippen LogP contribution in [-0.2, 0) is 16.7 Å². The van der Waals surface area contributed by atoms with Crippen molar-refractivity contribution in [1.82, 2.24) is 29.9 Å². The third kappa shape index (κ3) is 3.75. The number of benzene rings is 1. The highest BCUT2D eigenvalue weighted by Gasteiger charge is 2.47. The molecule has 1 atom stereocenters. The molecule has 5 rings (SSSR count). The number of ether oxygens (including phenoxy) is 1. The van der Waals surface area contributed by atoms with Gasteiger partial charge in [-0.05, 0) is 31.2 Å². The Balaban J connectivity index is 1.43. The minimum absolute atomic E-state index is 0.334. The maximum absolute atomic E-state index is 5.65. The van der Waals surface area contributed by atoms with Gasteiger partial charge in [-0.15, -0.1) is 0 Å². The van der Waals surface area contributed by atoms with Gasteiger partial charge in [-0.1, -0.05) is 29.4 Å². The Morgan fingerprint density at radius 3 is 2.62 bits per heavy atom. The highest BCUT2D eigenvalue weighted by molar-refractivity contribution is 5.60. The first-order valence-corrected chi connectivity index (χ1v) is 10.6. The van der Waals surface area contributed by atoms with E-state index in [1.165, 1.54) is 0 Å². The van der Waals surface area contributed by atoms with Gasteiger partial charge in [0.25, 0.3) is 5.89 Å². The third-order valence-corrected chi connectivity index (χ3v) is 6.14. The van der Waals surface area contributed by atoms with Crippen LogP contribution in [0.1, 0.15) is 31.2 Å². The summed E-state index contributed by atoms with van der Waals surface area (Å²) in [5.74, 6) is 2.05. The predicted molar refractivity (Wildman–Crippen MR) is 118 cm³/mol. The number of anilines is 1. The number of nitrogen functional groups attached to an aromatic ring is 1. The number of nitrogens with zero attached hydrogens (tertiary/aromatic N) is 6. The zero-order valence-electron chi connectivity index (χ0n) is 18.1. The maximum atomic E-state index is 5.65. The zero-order chi connectivity index (χ0) is 22.1. The van der Waals surface area contributed by atoms with E-state index in [0.29, 0.717) is 36.6 Å². The van der Waals surface area contributed by atoms with Gasteiger partial charge in [0.1, 0.15) is 5.82 Å². The minimum Gasteiger partial charge on any atom is -0.383 e. The van der Waals surface area contributed by atoms with Gasteiger partial charge in [0.2, 0.25) is 0 Å². The Labute approximate surface area is 185 Å². The van der Waals surface area contributed by atoms with Crippen molar-refractivity contribution >= 4 is 5.82 Å². The van der Waals surface area contributed by atoms with Gasteiger partial charge in [0, 0.05) is 18.9 Å². The molecule has 32 heavy (non-hydrogen) atoms. The summed E-state index contributed by atoms with van der Waals surface area (Å²) in [6, 6.07) is 8.34. The van der Waals surface area contributed by atoms with Crippen LogP contribution in [0.15, 0.2) is 53.6 Å². The standard InChI is InChI=1S/C23H25N7O2/c1-23(18-7-8-18,17-5-3-15(4-6-17)19-12-26-20(24)13-25-19)22-28-21(32-29-22)16-11-27-30(14-16)9-10-31-2/h3-6,11-14,18H,7-10H2,1-2H3,(H2,24,26). The average molecular weight is 432 g/mol. The lowest BCUT2D eigenvalue weighted by molar-refractivity contribution is 0.183. The second-order valence-electron chi connectivity index (χ2n) is 8.29. The summed E-state index contributed by atoms with van der Waals surface area (Å²) in [6.45, 7) is 3.45. The molecule has 9 nitrogen and oxygen atoms in total. The molecule has 0 amide bonds. The molecule has 1 unspecified atom stereocenters. The van der Waals surface area contributed by atoms with Crippen LogP contribution in [0, 0.1) is 5.92 Å². The first kappa shape index (κ1) is 20.3. The summed E-state index contributed by atoms with van der Waals surface area (Å²) >= 11 is 0. The molecule has 1 aromatic carbocycles. The second-order valence-corrected chi connectivity index (χ2v) is 8.29. The van der Waals surface area contributed by atoms with Crippen LogP contribution in [0.5, 0.6) is 0 Å². The molecule has 2 N–H and O–H groups in total. The van der Waals surface area contributed by atoms with Crippen molar-refractivity contribution in [3.8, 4) is 22.7 Å². The lowest BCUT2D eigenvalue weighted by Gasteiger charge is -2.26. The fourth-order valence-electron chi connectivity index (χ4n) is 4.02. The molecule has 4 aromatic rings. The fraction of sp³-hybridized carbons (Fsp3) is 0.348. The SMILES string of the molecule is COCCn1cc(-c2nc(C(C)(c3ccc(-c4cnc(N)cn4)cc3)C3CC3)no2)cn1. The minimum atomic E-state index is -0.334. The third-order valence-electron chi connectivity index (χ3n) is 6.14. The molecule has 1 fully saturated rings. The van der Waals surface area contributed by atoms with Crippen LogP contribution in [0.3, 0.4) is 0 Å². The molecule has 1 aliphatic rings. The first-order valence-electron chi connectivity index (χ1n) is 10.6. The zero-order valence-corrected chi connectivity index (χ0v) is 18.1. The molecular formula is C23H25N7O2. The first-order chi connectivity index (χ1) is 15.6. The van der Waals surface area contributed by atoms with E-state index in [9.17, 15) is 0 Å². The number of methoxy groups -OCH3 is 1. The van der Waals surface area contributed by atoms with Crippen molar-refractivity contribution in [2.75, 3.05) is 19.5 Å². The van der Waals surface area contributed by atoms with Crippen LogP contribution >= 0.6 is 0 Å². The lowest BCUT2D eigenvalue weighted by Crippen LogP contribution is -2.28. The molecular weight excluding hydrogens is 406 g/mol. The summed E-state index contributed by atoms with van der Waals surface area (Å²) in [5, 5.41) is 8.72. The Hall–Kier alpha value is -3.59. The normalized spacial score (nSPS) is 15.6. The molecule has 0 radical (unpaired) electrons. The number of nitrogens with two attached hydrogens (primary N) is 1. The van der Waals surface area contributed by atoms with Crippen LogP contribution < -0.4 is 5.73 Å². The highest BCUT2D eigenvalue weighted by atomic mass is 16.5. The van der Waals surface area contributed by atoms with Crippen molar-refractivity contribution in [2.24, 2.45) is 5.92 Å². The molecule has 164 valence electrons. The summed E-state index contributed by atoms with van der Waals surface area (Å²) < 4.78 is 12.6. The molecule has 3 aromatic heterocycles. The van der Waals surface area contributed by atoms with E-state index < -0.39 is 0 Å². The van der Waals surface area contributed by atoms with Gasteiger partial charge in [0.15, 0.2) is 5.82 Å². The molecule has 0 bridgehead atoms. The van der Waals surface area contributed by atoms with Crippen LogP contribution in [0.25, 0.3) is 22.7 Å². The predicted octanol–water partition coefficient (Wildman–Crippen LogP) is 3.33.